The van der Waals surface area contributed by atoms with Crippen molar-refractivity contribution >= 4 is 18.8 Å². The summed E-state index contributed by atoms with van der Waals surface area (Å²) in [5.74, 6) is 0. The van der Waals surface area contributed by atoms with Crippen LogP contribution in [0, 0.1) is 0 Å². The third-order valence-corrected chi connectivity index (χ3v) is 3.05. The fourth-order valence-corrected chi connectivity index (χ4v) is 2.07. The molecule has 3 nitrogen and oxygen atoms in total. The van der Waals surface area contributed by atoms with Crippen LogP contribution in [0.2, 0.25) is 0 Å². The quantitative estimate of drug-likeness (QED) is 0.773. The van der Waals surface area contributed by atoms with Crippen molar-refractivity contribution in [3.63, 3.8) is 0 Å². The van der Waals surface area contributed by atoms with Crippen molar-refractivity contribution in [2.24, 2.45) is 0 Å². The predicted molar refractivity (Wildman–Crippen MR) is 82.3 cm³/mol. The van der Waals surface area contributed by atoms with Gasteiger partial charge in [-0.3, -0.25) is 0 Å². The summed E-state index contributed by atoms with van der Waals surface area (Å²) in [6.45, 7) is 7.00. The van der Waals surface area contributed by atoms with E-state index >= 15 is 0 Å². The van der Waals surface area contributed by atoms with Crippen LogP contribution < -0.4 is 5.46 Å². The molecule has 2 rings (SSSR count). The van der Waals surface area contributed by atoms with Crippen LogP contribution in [0.15, 0.2) is 41.9 Å². The molecule has 105 valence electrons. The number of carbonyl (C=O) groups excluding carboxylic acids is 1. The highest BCUT2D eigenvalue weighted by Gasteiger charge is 2.23. The van der Waals surface area contributed by atoms with Crippen molar-refractivity contribution in [3.8, 4) is 0 Å². The molecule has 0 unspecified atom stereocenters. The molecule has 0 saturated carbocycles. The van der Waals surface area contributed by atoms with Crippen LogP contribution in [-0.4, -0.2) is 37.0 Å². The minimum atomic E-state index is -0.433. The van der Waals surface area contributed by atoms with Crippen LogP contribution in [-0.2, 0) is 4.74 Å². The van der Waals surface area contributed by atoms with Gasteiger partial charge in [0.05, 0.1) is 0 Å². The highest BCUT2D eigenvalue weighted by atomic mass is 16.6. The fraction of sp³-hybridized carbons (Fsp3) is 0.438. The normalized spacial score (nSPS) is 15.6. The zero-order chi connectivity index (χ0) is 14.6. The Morgan fingerprint density at radius 1 is 1.25 bits per heavy atom. The SMILES string of the molecule is CC(C)(C)OC(=O)N1CC=C([B]c2ccccc2)CC1. The van der Waals surface area contributed by atoms with E-state index in [1.807, 2.05) is 39.0 Å². The van der Waals surface area contributed by atoms with Crippen LogP contribution in [0.3, 0.4) is 0 Å². The Labute approximate surface area is 121 Å². The molecule has 1 aliphatic rings. The Morgan fingerprint density at radius 3 is 2.50 bits per heavy atom. The Bertz CT molecular complexity index is 491. The number of amides is 1. The van der Waals surface area contributed by atoms with Gasteiger partial charge < -0.3 is 9.64 Å². The lowest BCUT2D eigenvalue weighted by Gasteiger charge is -2.29. The zero-order valence-electron chi connectivity index (χ0n) is 12.4. The third kappa shape index (κ3) is 4.44. The second-order valence-electron chi connectivity index (χ2n) is 6.01. The molecule has 0 spiro atoms. The molecule has 1 radical (unpaired) electrons. The molecular formula is C16H21BNO2. The smallest absolute Gasteiger partial charge is 0.410 e. The molecule has 0 bridgehead atoms. The summed E-state index contributed by atoms with van der Waals surface area (Å²) in [4.78, 5) is 13.7. The van der Waals surface area contributed by atoms with Gasteiger partial charge in [-0.05, 0) is 27.2 Å². The van der Waals surface area contributed by atoms with E-state index in [-0.39, 0.29) is 6.09 Å². The molecule has 0 N–H and O–H groups in total. The molecule has 0 atom stereocenters. The average Bonchev–Trinajstić information content (AvgIpc) is 2.39. The maximum absolute atomic E-state index is 11.9. The maximum Gasteiger partial charge on any atom is 0.410 e. The Hall–Kier alpha value is -1.71. The van der Waals surface area contributed by atoms with E-state index < -0.39 is 5.60 Å². The van der Waals surface area contributed by atoms with Crippen molar-refractivity contribution in [1.82, 2.24) is 4.90 Å². The number of carbonyl (C=O) groups is 1. The van der Waals surface area contributed by atoms with Gasteiger partial charge in [0, 0.05) is 13.1 Å². The maximum atomic E-state index is 11.9. The number of nitrogens with zero attached hydrogens (tertiary/aromatic N) is 1. The van der Waals surface area contributed by atoms with Crippen molar-refractivity contribution in [1.29, 1.82) is 0 Å². The number of ether oxygens (including phenoxy) is 1. The lowest BCUT2D eigenvalue weighted by Crippen LogP contribution is -2.40. The van der Waals surface area contributed by atoms with Gasteiger partial charge in [-0.15, -0.1) is 5.47 Å². The van der Waals surface area contributed by atoms with Crippen LogP contribution >= 0.6 is 0 Å². The van der Waals surface area contributed by atoms with Crippen molar-refractivity contribution in [2.45, 2.75) is 32.8 Å². The van der Waals surface area contributed by atoms with E-state index in [1.54, 1.807) is 4.90 Å². The largest absolute Gasteiger partial charge is 0.444 e. The summed E-state index contributed by atoms with van der Waals surface area (Å²) in [5, 5.41) is 0. The molecule has 0 saturated heterocycles. The molecule has 20 heavy (non-hydrogen) atoms. The van der Waals surface area contributed by atoms with E-state index in [0.717, 1.165) is 6.42 Å². The van der Waals surface area contributed by atoms with Gasteiger partial charge in [0.1, 0.15) is 5.60 Å². The summed E-state index contributed by atoms with van der Waals surface area (Å²) < 4.78 is 5.38. The number of hydrogen-bond donors (Lipinski definition) is 0. The van der Waals surface area contributed by atoms with Gasteiger partial charge in [-0.25, -0.2) is 4.79 Å². The minimum Gasteiger partial charge on any atom is -0.444 e. The van der Waals surface area contributed by atoms with Gasteiger partial charge in [0.25, 0.3) is 0 Å². The first kappa shape index (κ1) is 14.7. The van der Waals surface area contributed by atoms with Crippen LogP contribution in [0.5, 0.6) is 0 Å². The number of rotatable bonds is 2. The van der Waals surface area contributed by atoms with E-state index in [9.17, 15) is 4.79 Å². The van der Waals surface area contributed by atoms with Gasteiger partial charge in [-0.1, -0.05) is 41.9 Å². The highest BCUT2D eigenvalue weighted by Crippen LogP contribution is 2.14. The number of hydrogen-bond acceptors (Lipinski definition) is 2. The minimum absolute atomic E-state index is 0.229. The molecule has 1 heterocycles. The monoisotopic (exact) mass is 270 g/mol. The van der Waals surface area contributed by atoms with Crippen molar-refractivity contribution in [2.75, 3.05) is 13.1 Å². The Morgan fingerprint density at radius 2 is 1.95 bits per heavy atom. The number of benzene rings is 1. The average molecular weight is 270 g/mol. The first-order chi connectivity index (χ1) is 9.44. The van der Waals surface area contributed by atoms with Gasteiger partial charge in [-0.2, -0.15) is 0 Å². The second kappa shape index (κ2) is 6.16. The molecule has 4 heteroatoms. The van der Waals surface area contributed by atoms with Crippen LogP contribution in [0.25, 0.3) is 0 Å². The second-order valence-corrected chi connectivity index (χ2v) is 6.01. The molecule has 0 aliphatic carbocycles. The topological polar surface area (TPSA) is 29.5 Å². The summed E-state index contributed by atoms with van der Waals surface area (Å²) in [7, 11) is 2.17. The van der Waals surface area contributed by atoms with Crippen molar-refractivity contribution < 1.29 is 9.53 Å². The van der Waals surface area contributed by atoms with Gasteiger partial charge in [0.15, 0.2) is 7.28 Å². The fourth-order valence-electron chi connectivity index (χ4n) is 2.07. The van der Waals surface area contributed by atoms with Gasteiger partial charge in [0.2, 0.25) is 0 Å². The molecule has 1 aliphatic heterocycles. The molecule has 1 aromatic rings. The Balaban J connectivity index is 1.89. The lowest BCUT2D eigenvalue weighted by molar-refractivity contribution is 0.0267. The highest BCUT2D eigenvalue weighted by molar-refractivity contribution is 6.61. The summed E-state index contributed by atoms with van der Waals surface area (Å²) >= 11 is 0. The van der Waals surface area contributed by atoms with E-state index in [4.69, 9.17) is 4.74 Å². The molecular weight excluding hydrogens is 249 g/mol. The Kier molecular flexibility index (Phi) is 4.53. The summed E-state index contributed by atoms with van der Waals surface area (Å²) in [5.41, 5.74) is 2.04. The first-order valence-corrected chi connectivity index (χ1v) is 7.01. The molecule has 0 aromatic heterocycles. The van der Waals surface area contributed by atoms with Crippen molar-refractivity contribution in [3.05, 3.63) is 41.9 Å². The third-order valence-electron chi connectivity index (χ3n) is 3.05. The zero-order valence-corrected chi connectivity index (χ0v) is 12.4. The lowest BCUT2D eigenvalue weighted by atomic mass is 9.61. The summed E-state index contributed by atoms with van der Waals surface area (Å²) in [6, 6.07) is 10.2. The predicted octanol–water partition coefficient (Wildman–Crippen LogP) is 2.54. The molecule has 0 fully saturated rings. The van der Waals surface area contributed by atoms with E-state index in [2.05, 4.69) is 25.5 Å². The van der Waals surface area contributed by atoms with Crippen LogP contribution in [0.1, 0.15) is 27.2 Å². The molecule has 1 aromatic carbocycles. The van der Waals surface area contributed by atoms with E-state index in [1.165, 1.54) is 10.9 Å². The summed E-state index contributed by atoms with van der Waals surface area (Å²) in [6.07, 6.45) is 2.74. The first-order valence-electron chi connectivity index (χ1n) is 7.01. The van der Waals surface area contributed by atoms with Crippen LogP contribution in [0.4, 0.5) is 4.79 Å². The van der Waals surface area contributed by atoms with Gasteiger partial charge >= 0.3 is 6.09 Å². The molecule has 1 amide bonds. The van der Waals surface area contributed by atoms with E-state index in [0.29, 0.717) is 13.1 Å². The standard InChI is InChI=1S/C16H21BNO2/c1-16(2,3)20-15(19)18-11-9-14(10-12-18)17-13-7-5-4-6-8-13/h4-9H,10-12H2,1-3H3.